The fourth-order valence-corrected chi connectivity index (χ4v) is 0.488. The summed E-state index contributed by atoms with van der Waals surface area (Å²) < 4.78 is 0. The number of nitrogens with one attached hydrogen (secondary N) is 1. The van der Waals surface area contributed by atoms with Crippen LogP contribution in [0.4, 0.5) is 0 Å². The Morgan fingerprint density at radius 3 is 2.20 bits per heavy atom. The first-order valence-corrected chi connectivity index (χ1v) is 3.10. The molecule has 0 aliphatic rings. The largest absolute Gasteiger partial charge is 0.322 e. The SMILES string of the molecule is CC(C)/C(=N/N)NN(C)N. The van der Waals surface area contributed by atoms with E-state index in [4.69, 9.17) is 11.7 Å². The molecular formula is C5H15N5. The van der Waals surface area contributed by atoms with Gasteiger partial charge >= 0.3 is 0 Å². The molecule has 0 aliphatic carbocycles. The third-order valence-electron chi connectivity index (χ3n) is 0.977. The van der Waals surface area contributed by atoms with Crippen molar-refractivity contribution in [3.8, 4) is 0 Å². The Morgan fingerprint density at radius 1 is 1.60 bits per heavy atom. The molecule has 10 heavy (non-hydrogen) atoms. The van der Waals surface area contributed by atoms with Gasteiger partial charge in [-0.1, -0.05) is 13.8 Å². The van der Waals surface area contributed by atoms with E-state index in [9.17, 15) is 0 Å². The van der Waals surface area contributed by atoms with Crippen LogP contribution < -0.4 is 17.1 Å². The molecule has 0 rings (SSSR count). The van der Waals surface area contributed by atoms with Crippen LogP contribution in [0.1, 0.15) is 13.8 Å². The molecule has 0 aromatic carbocycles. The Balaban J connectivity index is 3.86. The predicted octanol–water partition coefficient (Wildman–Crippen LogP) is -0.775. The lowest BCUT2D eigenvalue weighted by Crippen LogP contribution is -2.46. The van der Waals surface area contributed by atoms with Crippen molar-refractivity contribution in [2.24, 2.45) is 22.7 Å². The standard InChI is InChI=1S/C5H15N5/c1-4(2)5(8-6)9-10(3)7/h4H,6-7H2,1-3H3,(H,8,9). The average molecular weight is 145 g/mol. The normalized spacial score (nSPS) is 12.8. The maximum atomic E-state index is 5.29. The minimum absolute atomic E-state index is 0.260. The Bertz CT molecular complexity index is 117. The van der Waals surface area contributed by atoms with Crippen LogP contribution in [-0.2, 0) is 0 Å². The maximum Gasteiger partial charge on any atom is 0.139 e. The molecule has 0 saturated carbocycles. The van der Waals surface area contributed by atoms with Gasteiger partial charge in [-0.15, -0.1) is 0 Å². The summed E-state index contributed by atoms with van der Waals surface area (Å²) in [5, 5.41) is 4.82. The summed E-state index contributed by atoms with van der Waals surface area (Å²) in [5.74, 6) is 11.3. The summed E-state index contributed by atoms with van der Waals surface area (Å²) in [6.07, 6.45) is 0. The van der Waals surface area contributed by atoms with E-state index in [1.165, 1.54) is 5.12 Å². The molecule has 5 nitrogen and oxygen atoms in total. The number of hydrazine groups is 2. The molecule has 60 valence electrons. The van der Waals surface area contributed by atoms with Gasteiger partial charge in [0.1, 0.15) is 5.84 Å². The van der Waals surface area contributed by atoms with E-state index in [0.29, 0.717) is 5.84 Å². The summed E-state index contributed by atoms with van der Waals surface area (Å²) in [7, 11) is 1.67. The van der Waals surface area contributed by atoms with Crippen LogP contribution in [0.25, 0.3) is 0 Å². The van der Waals surface area contributed by atoms with Gasteiger partial charge in [-0.05, 0) is 0 Å². The van der Waals surface area contributed by atoms with Crippen LogP contribution in [0.15, 0.2) is 5.10 Å². The van der Waals surface area contributed by atoms with Crippen molar-refractivity contribution in [1.82, 2.24) is 10.5 Å². The van der Waals surface area contributed by atoms with Crippen molar-refractivity contribution in [3.05, 3.63) is 0 Å². The highest BCUT2D eigenvalue weighted by molar-refractivity contribution is 5.83. The molecule has 0 aliphatic heterocycles. The second-order valence-electron chi connectivity index (χ2n) is 2.39. The molecule has 0 heterocycles. The molecule has 5 N–H and O–H groups in total. The highest BCUT2D eigenvalue weighted by atomic mass is 15.7. The molecule has 0 atom stereocenters. The first kappa shape index (κ1) is 9.19. The number of rotatable bonds is 2. The van der Waals surface area contributed by atoms with E-state index in [1.54, 1.807) is 7.05 Å². The number of amidine groups is 1. The fourth-order valence-electron chi connectivity index (χ4n) is 0.488. The van der Waals surface area contributed by atoms with Crippen LogP contribution in [0.5, 0.6) is 0 Å². The van der Waals surface area contributed by atoms with Gasteiger partial charge in [-0.2, -0.15) is 10.2 Å². The van der Waals surface area contributed by atoms with Crippen molar-refractivity contribution in [2.45, 2.75) is 13.8 Å². The van der Waals surface area contributed by atoms with Gasteiger partial charge in [0.25, 0.3) is 0 Å². The Hall–Kier alpha value is -0.810. The molecule has 0 amide bonds. The summed E-state index contributed by atoms with van der Waals surface area (Å²) in [5.41, 5.74) is 2.77. The molecular weight excluding hydrogens is 130 g/mol. The van der Waals surface area contributed by atoms with E-state index in [2.05, 4.69) is 10.5 Å². The van der Waals surface area contributed by atoms with Crippen LogP contribution in [0.2, 0.25) is 0 Å². The van der Waals surface area contributed by atoms with Crippen molar-refractivity contribution < 1.29 is 0 Å². The Kier molecular flexibility index (Phi) is 3.75. The number of hydrogen-bond acceptors (Lipinski definition) is 4. The topological polar surface area (TPSA) is 79.7 Å². The molecule has 0 aromatic rings. The van der Waals surface area contributed by atoms with Crippen molar-refractivity contribution in [3.63, 3.8) is 0 Å². The summed E-state index contributed by atoms with van der Waals surface area (Å²) in [6.45, 7) is 3.95. The van der Waals surface area contributed by atoms with Gasteiger partial charge < -0.3 is 5.84 Å². The third-order valence-corrected chi connectivity index (χ3v) is 0.977. The lowest BCUT2D eigenvalue weighted by Gasteiger charge is -2.16. The molecule has 0 radical (unpaired) electrons. The summed E-state index contributed by atoms with van der Waals surface area (Å²) in [4.78, 5) is 0. The molecule has 0 aromatic heterocycles. The smallest absolute Gasteiger partial charge is 0.139 e. The molecule has 0 spiro atoms. The number of nitrogens with two attached hydrogens (primary N) is 2. The van der Waals surface area contributed by atoms with Crippen LogP contribution in [0, 0.1) is 5.92 Å². The summed E-state index contributed by atoms with van der Waals surface area (Å²) >= 11 is 0. The van der Waals surface area contributed by atoms with E-state index >= 15 is 0 Å². The Labute approximate surface area is 61.0 Å². The monoisotopic (exact) mass is 145 g/mol. The zero-order valence-electron chi connectivity index (χ0n) is 6.63. The maximum absolute atomic E-state index is 5.29. The number of nitrogens with zero attached hydrogens (tertiary/aromatic N) is 2. The van der Waals surface area contributed by atoms with Gasteiger partial charge in [0.05, 0.1) is 0 Å². The van der Waals surface area contributed by atoms with Gasteiger partial charge in [-0.25, -0.2) is 0 Å². The van der Waals surface area contributed by atoms with E-state index in [-0.39, 0.29) is 5.92 Å². The van der Waals surface area contributed by atoms with Crippen LogP contribution >= 0.6 is 0 Å². The molecule has 0 saturated heterocycles. The van der Waals surface area contributed by atoms with E-state index in [0.717, 1.165) is 0 Å². The molecule has 0 fully saturated rings. The molecule has 0 unspecified atom stereocenters. The Morgan fingerprint density at radius 2 is 2.10 bits per heavy atom. The van der Waals surface area contributed by atoms with Crippen molar-refractivity contribution >= 4 is 5.84 Å². The first-order valence-electron chi connectivity index (χ1n) is 3.10. The second kappa shape index (κ2) is 4.08. The average Bonchev–Trinajstić information content (AvgIpc) is 1.81. The fraction of sp³-hybridized carbons (Fsp3) is 0.800. The lowest BCUT2D eigenvalue weighted by molar-refractivity contribution is 0.298. The van der Waals surface area contributed by atoms with Crippen molar-refractivity contribution in [1.29, 1.82) is 0 Å². The third kappa shape index (κ3) is 3.26. The van der Waals surface area contributed by atoms with Crippen molar-refractivity contribution in [2.75, 3.05) is 7.05 Å². The zero-order chi connectivity index (χ0) is 8.15. The minimum Gasteiger partial charge on any atom is -0.322 e. The van der Waals surface area contributed by atoms with Crippen LogP contribution in [-0.4, -0.2) is 18.0 Å². The quantitative estimate of drug-likeness (QED) is 0.206. The molecule has 5 heteroatoms. The van der Waals surface area contributed by atoms with Gasteiger partial charge in [0.2, 0.25) is 0 Å². The highest BCUT2D eigenvalue weighted by Gasteiger charge is 2.03. The number of hydrogen-bond donors (Lipinski definition) is 3. The van der Waals surface area contributed by atoms with Gasteiger partial charge in [0.15, 0.2) is 0 Å². The number of hydrazone groups is 1. The lowest BCUT2D eigenvalue weighted by atomic mass is 10.2. The van der Waals surface area contributed by atoms with Crippen LogP contribution in [0.3, 0.4) is 0 Å². The first-order chi connectivity index (χ1) is 4.57. The van der Waals surface area contributed by atoms with Gasteiger partial charge in [-0.3, -0.25) is 11.3 Å². The van der Waals surface area contributed by atoms with E-state index in [1.807, 2.05) is 13.8 Å². The zero-order valence-corrected chi connectivity index (χ0v) is 6.63. The van der Waals surface area contributed by atoms with Gasteiger partial charge in [0, 0.05) is 13.0 Å². The highest BCUT2D eigenvalue weighted by Crippen LogP contribution is 1.91. The summed E-state index contributed by atoms with van der Waals surface area (Å²) in [6, 6.07) is 0. The minimum atomic E-state index is 0.260. The predicted molar refractivity (Wildman–Crippen MR) is 41.5 cm³/mol. The van der Waals surface area contributed by atoms with E-state index < -0.39 is 0 Å². The second-order valence-corrected chi connectivity index (χ2v) is 2.39. The molecule has 0 bridgehead atoms.